The van der Waals surface area contributed by atoms with Gasteiger partial charge in [0.2, 0.25) is 0 Å². The number of hydrogen-bond acceptors (Lipinski definition) is 1. The quantitative estimate of drug-likeness (QED) is 0.571. The van der Waals surface area contributed by atoms with Gasteiger partial charge in [-0.05, 0) is 64.7 Å². The molecular weight excluding hydrogens is 306 g/mol. The van der Waals surface area contributed by atoms with Crippen LogP contribution in [0, 0.1) is 11.6 Å². The van der Waals surface area contributed by atoms with Gasteiger partial charge in [-0.3, -0.25) is 0 Å². The minimum Gasteiger partial charge on any atom is -0.497 e. The molecule has 120 valence electrons. The second-order valence-electron chi connectivity index (χ2n) is 5.35. The molecule has 0 aromatic heterocycles. The fraction of sp³-hybridized carbons (Fsp3) is 0.0476. The Balaban J connectivity index is 2.12. The van der Waals surface area contributed by atoms with E-state index in [0.29, 0.717) is 0 Å². The van der Waals surface area contributed by atoms with Gasteiger partial charge in [0.1, 0.15) is 17.4 Å². The highest BCUT2D eigenvalue weighted by Gasteiger charge is 2.07. The number of methoxy groups -OCH3 is 1. The van der Waals surface area contributed by atoms with Gasteiger partial charge < -0.3 is 4.74 Å². The molecule has 24 heavy (non-hydrogen) atoms. The van der Waals surface area contributed by atoms with Crippen LogP contribution in [0.15, 0.2) is 72.8 Å². The zero-order valence-corrected chi connectivity index (χ0v) is 13.2. The molecule has 0 heterocycles. The monoisotopic (exact) mass is 322 g/mol. The third-order valence-electron chi connectivity index (χ3n) is 3.72. The molecule has 0 spiro atoms. The predicted octanol–water partition coefficient (Wildman–Crippen LogP) is 5.56. The van der Waals surface area contributed by atoms with E-state index in [0.717, 1.165) is 28.0 Å². The molecule has 0 saturated heterocycles. The van der Waals surface area contributed by atoms with E-state index in [-0.39, 0.29) is 11.6 Å². The minimum atomic E-state index is -0.287. The molecule has 0 radical (unpaired) electrons. The number of rotatable bonds is 4. The molecule has 3 aromatic carbocycles. The standard InChI is InChI=1S/C21H16F2O/c1-24-20-4-2-3-17(14-20)21(16-7-11-19(23)12-8-16)13-15-5-9-18(22)10-6-15/h2-14H,1H3/b21-13+. The Kier molecular flexibility index (Phi) is 4.71. The maximum atomic E-state index is 13.3. The third kappa shape index (κ3) is 3.69. The highest BCUT2D eigenvalue weighted by molar-refractivity contribution is 5.91. The van der Waals surface area contributed by atoms with Crippen LogP contribution in [0.4, 0.5) is 8.78 Å². The average molecular weight is 322 g/mol. The first-order chi connectivity index (χ1) is 11.7. The van der Waals surface area contributed by atoms with E-state index in [4.69, 9.17) is 4.74 Å². The van der Waals surface area contributed by atoms with Crippen molar-refractivity contribution < 1.29 is 13.5 Å². The van der Waals surface area contributed by atoms with E-state index < -0.39 is 0 Å². The molecule has 0 aliphatic heterocycles. The van der Waals surface area contributed by atoms with Crippen molar-refractivity contribution in [1.29, 1.82) is 0 Å². The van der Waals surface area contributed by atoms with E-state index >= 15 is 0 Å². The molecule has 0 fully saturated rings. The minimum absolute atomic E-state index is 0.281. The molecule has 0 aliphatic carbocycles. The number of halogens is 2. The molecule has 0 saturated carbocycles. The summed E-state index contributed by atoms with van der Waals surface area (Å²) in [5, 5.41) is 0. The summed E-state index contributed by atoms with van der Waals surface area (Å²) in [4.78, 5) is 0. The number of ether oxygens (including phenoxy) is 1. The van der Waals surface area contributed by atoms with E-state index in [1.54, 1.807) is 31.4 Å². The Morgan fingerprint density at radius 1 is 0.792 bits per heavy atom. The Morgan fingerprint density at radius 3 is 2.04 bits per heavy atom. The molecule has 0 N–H and O–H groups in total. The van der Waals surface area contributed by atoms with E-state index in [9.17, 15) is 8.78 Å². The van der Waals surface area contributed by atoms with Gasteiger partial charge in [-0.1, -0.05) is 36.4 Å². The highest BCUT2D eigenvalue weighted by atomic mass is 19.1. The van der Waals surface area contributed by atoms with Crippen molar-refractivity contribution in [3.8, 4) is 5.75 Å². The van der Waals surface area contributed by atoms with Crippen molar-refractivity contribution in [3.63, 3.8) is 0 Å². The van der Waals surface area contributed by atoms with Crippen LogP contribution in [0.5, 0.6) is 5.75 Å². The first-order valence-electron chi connectivity index (χ1n) is 7.53. The van der Waals surface area contributed by atoms with Crippen molar-refractivity contribution in [2.75, 3.05) is 7.11 Å². The molecule has 3 rings (SSSR count). The van der Waals surface area contributed by atoms with Gasteiger partial charge in [-0.2, -0.15) is 0 Å². The first-order valence-corrected chi connectivity index (χ1v) is 7.53. The lowest BCUT2D eigenvalue weighted by Gasteiger charge is -2.11. The Hall–Kier alpha value is -2.94. The van der Waals surface area contributed by atoms with Crippen LogP contribution >= 0.6 is 0 Å². The van der Waals surface area contributed by atoms with Gasteiger partial charge in [-0.15, -0.1) is 0 Å². The van der Waals surface area contributed by atoms with Crippen molar-refractivity contribution >= 4 is 11.6 Å². The summed E-state index contributed by atoms with van der Waals surface area (Å²) in [5.41, 5.74) is 3.57. The topological polar surface area (TPSA) is 9.23 Å². The molecule has 0 bridgehead atoms. The van der Waals surface area contributed by atoms with Crippen molar-refractivity contribution in [3.05, 3.63) is 101 Å². The molecule has 3 heteroatoms. The third-order valence-corrected chi connectivity index (χ3v) is 3.72. The lowest BCUT2D eigenvalue weighted by molar-refractivity contribution is 0.414. The maximum Gasteiger partial charge on any atom is 0.123 e. The van der Waals surface area contributed by atoms with Crippen LogP contribution in [-0.2, 0) is 0 Å². The van der Waals surface area contributed by atoms with Crippen LogP contribution in [0.2, 0.25) is 0 Å². The summed E-state index contributed by atoms with van der Waals surface area (Å²) in [6.07, 6.45) is 1.95. The van der Waals surface area contributed by atoms with Crippen LogP contribution in [0.25, 0.3) is 11.6 Å². The summed E-state index contributed by atoms with van der Waals surface area (Å²) >= 11 is 0. The van der Waals surface area contributed by atoms with Crippen molar-refractivity contribution in [1.82, 2.24) is 0 Å². The number of hydrogen-bond donors (Lipinski definition) is 0. The second-order valence-corrected chi connectivity index (χ2v) is 5.35. The number of benzene rings is 3. The summed E-state index contributed by atoms with van der Waals surface area (Å²) < 4.78 is 31.7. The van der Waals surface area contributed by atoms with Gasteiger partial charge in [0.15, 0.2) is 0 Å². The molecule has 3 aromatic rings. The van der Waals surface area contributed by atoms with Crippen LogP contribution < -0.4 is 4.74 Å². The first kappa shape index (κ1) is 15.9. The zero-order valence-electron chi connectivity index (χ0n) is 13.2. The fourth-order valence-corrected chi connectivity index (χ4v) is 2.48. The molecule has 0 atom stereocenters. The zero-order chi connectivity index (χ0) is 16.9. The van der Waals surface area contributed by atoms with Crippen LogP contribution in [0.3, 0.4) is 0 Å². The van der Waals surface area contributed by atoms with Crippen LogP contribution in [0.1, 0.15) is 16.7 Å². The summed E-state index contributed by atoms with van der Waals surface area (Å²) in [6, 6.07) is 20.2. The Labute approximate surface area is 139 Å². The summed E-state index contributed by atoms with van der Waals surface area (Å²) in [7, 11) is 1.61. The largest absolute Gasteiger partial charge is 0.497 e. The molecule has 0 unspecified atom stereocenters. The lowest BCUT2D eigenvalue weighted by atomic mass is 9.95. The molecule has 0 amide bonds. The van der Waals surface area contributed by atoms with Crippen molar-refractivity contribution in [2.45, 2.75) is 0 Å². The Morgan fingerprint density at radius 2 is 1.42 bits per heavy atom. The average Bonchev–Trinajstić information content (AvgIpc) is 2.62. The molecule has 0 aliphatic rings. The lowest BCUT2D eigenvalue weighted by Crippen LogP contribution is -1.91. The summed E-state index contributed by atoms with van der Waals surface area (Å²) in [6.45, 7) is 0. The van der Waals surface area contributed by atoms with E-state index in [2.05, 4.69) is 0 Å². The SMILES string of the molecule is COc1cccc(/C(=C/c2ccc(F)cc2)c2ccc(F)cc2)c1. The smallest absolute Gasteiger partial charge is 0.123 e. The van der Waals surface area contributed by atoms with Gasteiger partial charge in [0.05, 0.1) is 7.11 Å². The van der Waals surface area contributed by atoms with E-state index in [1.165, 1.54) is 24.3 Å². The predicted molar refractivity (Wildman–Crippen MR) is 92.8 cm³/mol. The highest BCUT2D eigenvalue weighted by Crippen LogP contribution is 2.28. The summed E-state index contributed by atoms with van der Waals surface area (Å²) in [5.74, 6) is 0.169. The molecular formula is C21H16F2O. The Bertz CT molecular complexity index is 850. The van der Waals surface area contributed by atoms with Gasteiger partial charge in [0, 0.05) is 0 Å². The van der Waals surface area contributed by atoms with Crippen molar-refractivity contribution in [2.24, 2.45) is 0 Å². The second kappa shape index (κ2) is 7.09. The molecule has 1 nitrogen and oxygen atoms in total. The van der Waals surface area contributed by atoms with Gasteiger partial charge >= 0.3 is 0 Å². The van der Waals surface area contributed by atoms with Gasteiger partial charge in [-0.25, -0.2) is 8.78 Å². The van der Waals surface area contributed by atoms with E-state index in [1.807, 2.05) is 30.3 Å². The maximum absolute atomic E-state index is 13.3. The fourth-order valence-electron chi connectivity index (χ4n) is 2.48. The van der Waals surface area contributed by atoms with Gasteiger partial charge in [0.25, 0.3) is 0 Å². The normalized spacial score (nSPS) is 11.4. The van der Waals surface area contributed by atoms with Crippen LogP contribution in [-0.4, -0.2) is 7.11 Å².